The Balaban J connectivity index is 2.81. The summed E-state index contributed by atoms with van der Waals surface area (Å²) in [6.45, 7) is 7.53. The van der Waals surface area contributed by atoms with Gasteiger partial charge in [0.15, 0.2) is 0 Å². The van der Waals surface area contributed by atoms with Crippen LogP contribution in [-0.4, -0.2) is 24.6 Å². The summed E-state index contributed by atoms with van der Waals surface area (Å²) in [5.74, 6) is 1.03. The molecule has 0 amide bonds. The Morgan fingerprint density at radius 3 is 2.50 bits per heavy atom. The van der Waals surface area contributed by atoms with Crippen LogP contribution in [-0.2, 0) is 6.54 Å². The third-order valence-corrected chi connectivity index (χ3v) is 3.31. The van der Waals surface area contributed by atoms with Crippen LogP contribution in [0.4, 0.5) is 5.82 Å². The van der Waals surface area contributed by atoms with E-state index in [2.05, 4.69) is 55.2 Å². The topological polar surface area (TPSA) is 28.2 Å². The number of nitrogens with one attached hydrogen (secondary N) is 1. The molecule has 0 spiro atoms. The molecule has 1 aromatic rings. The molecule has 0 aliphatic carbocycles. The van der Waals surface area contributed by atoms with Crippen LogP contribution in [0.25, 0.3) is 0 Å². The predicted molar refractivity (Wildman–Crippen MR) is 69.8 cm³/mol. The van der Waals surface area contributed by atoms with Crippen molar-refractivity contribution in [3.63, 3.8) is 0 Å². The Morgan fingerprint density at radius 2 is 2.06 bits per heavy atom. The van der Waals surface area contributed by atoms with Crippen LogP contribution in [0.3, 0.4) is 0 Å². The molecule has 1 aromatic heterocycles. The second kappa shape index (κ2) is 5.30. The Labute approximate surface area is 98.9 Å². The second-order valence-electron chi connectivity index (χ2n) is 4.78. The van der Waals surface area contributed by atoms with Gasteiger partial charge in [-0.25, -0.2) is 4.98 Å². The zero-order valence-electron chi connectivity index (χ0n) is 11.0. The van der Waals surface area contributed by atoms with Crippen molar-refractivity contribution in [1.29, 1.82) is 0 Å². The summed E-state index contributed by atoms with van der Waals surface area (Å²) in [7, 11) is 4.05. The normalized spacial score (nSPS) is 11.6. The van der Waals surface area contributed by atoms with Gasteiger partial charge >= 0.3 is 0 Å². The van der Waals surface area contributed by atoms with Crippen LogP contribution in [0.5, 0.6) is 0 Å². The molecule has 0 unspecified atom stereocenters. The summed E-state index contributed by atoms with van der Waals surface area (Å²) in [5, 5.41) is 3.12. The molecule has 90 valence electrons. The minimum absolute atomic E-state index is 0.150. The average Bonchev–Trinajstić information content (AvgIpc) is 2.29. The van der Waals surface area contributed by atoms with Gasteiger partial charge in [0, 0.05) is 25.3 Å². The number of anilines is 1. The Bertz CT molecular complexity index is 316. The molecule has 0 aliphatic rings. The molecule has 1 N–H and O–H groups in total. The fourth-order valence-corrected chi connectivity index (χ4v) is 1.47. The number of aromatic nitrogens is 1. The van der Waals surface area contributed by atoms with Crippen LogP contribution in [0.1, 0.15) is 32.8 Å². The molecule has 1 rings (SSSR count). The molecule has 0 aromatic carbocycles. The maximum atomic E-state index is 4.50. The predicted octanol–water partition coefficient (Wildman–Crippen LogP) is 2.43. The van der Waals surface area contributed by atoms with Crippen molar-refractivity contribution < 1.29 is 0 Å². The molecule has 0 saturated heterocycles. The SMILES string of the molecule is CCC(C)(C)N(C)c1ccc(CNC)cn1. The highest BCUT2D eigenvalue weighted by Gasteiger charge is 2.21. The molecular weight excluding hydrogens is 198 g/mol. The van der Waals surface area contributed by atoms with E-state index in [9.17, 15) is 0 Å². The van der Waals surface area contributed by atoms with Crippen LogP contribution < -0.4 is 10.2 Å². The Hall–Kier alpha value is -1.09. The molecule has 0 saturated carbocycles. The van der Waals surface area contributed by atoms with E-state index in [0.717, 1.165) is 18.8 Å². The summed E-state index contributed by atoms with van der Waals surface area (Å²) >= 11 is 0. The van der Waals surface area contributed by atoms with E-state index in [1.165, 1.54) is 5.56 Å². The first-order chi connectivity index (χ1) is 7.51. The molecular formula is C13H23N3. The van der Waals surface area contributed by atoms with Gasteiger partial charge in [0.2, 0.25) is 0 Å². The third kappa shape index (κ3) is 2.95. The Kier molecular flexibility index (Phi) is 4.30. The summed E-state index contributed by atoms with van der Waals surface area (Å²) in [6.07, 6.45) is 3.04. The minimum atomic E-state index is 0.150. The van der Waals surface area contributed by atoms with Crippen molar-refractivity contribution in [2.24, 2.45) is 0 Å². The van der Waals surface area contributed by atoms with Gasteiger partial charge < -0.3 is 10.2 Å². The maximum Gasteiger partial charge on any atom is 0.128 e. The van der Waals surface area contributed by atoms with E-state index in [-0.39, 0.29) is 5.54 Å². The molecule has 0 bridgehead atoms. The van der Waals surface area contributed by atoms with E-state index in [1.54, 1.807) is 0 Å². The van der Waals surface area contributed by atoms with Crippen molar-refractivity contribution >= 4 is 5.82 Å². The number of pyridine rings is 1. The lowest BCUT2D eigenvalue weighted by molar-refractivity contribution is 0.467. The zero-order chi connectivity index (χ0) is 12.2. The number of rotatable bonds is 5. The summed E-state index contributed by atoms with van der Waals surface area (Å²) in [4.78, 5) is 6.73. The van der Waals surface area contributed by atoms with Gasteiger partial charge in [0.05, 0.1) is 0 Å². The highest BCUT2D eigenvalue weighted by molar-refractivity contribution is 5.41. The lowest BCUT2D eigenvalue weighted by atomic mass is 10.00. The lowest BCUT2D eigenvalue weighted by Crippen LogP contribution is -2.41. The first-order valence-corrected chi connectivity index (χ1v) is 5.84. The molecule has 0 atom stereocenters. The van der Waals surface area contributed by atoms with E-state index < -0.39 is 0 Å². The van der Waals surface area contributed by atoms with E-state index in [1.807, 2.05) is 13.2 Å². The third-order valence-electron chi connectivity index (χ3n) is 3.31. The van der Waals surface area contributed by atoms with Crippen molar-refractivity contribution in [2.75, 3.05) is 19.0 Å². The van der Waals surface area contributed by atoms with Crippen LogP contribution in [0, 0.1) is 0 Å². The first kappa shape index (κ1) is 13.0. The number of hydrogen-bond acceptors (Lipinski definition) is 3. The molecule has 0 aliphatic heterocycles. The highest BCUT2D eigenvalue weighted by atomic mass is 15.2. The molecule has 0 fully saturated rings. The van der Waals surface area contributed by atoms with Gasteiger partial charge in [0.25, 0.3) is 0 Å². The fraction of sp³-hybridized carbons (Fsp3) is 0.615. The standard InChI is InChI=1S/C13H23N3/c1-6-13(2,3)16(5)12-8-7-11(9-14-4)10-15-12/h7-8,10,14H,6,9H2,1-5H3. The van der Waals surface area contributed by atoms with Crippen molar-refractivity contribution in [1.82, 2.24) is 10.3 Å². The summed E-state index contributed by atoms with van der Waals surface area (Å²) in [5.41, 5.74) is 1.37. The van der Waals surface area contributed by atoms with Crippen LogP contribution in [0.2, 0.25) is 0 Å². The monoisotopic (exact) mass is 221 g/mol. The van der Waals surface area contributed by atoms with E-state index >= 15 is 0 Å². The molecule has 0 radical (unpaired) electrons. The average molecular weight is 221 g/mol. The van der Waals surface area contributed by atoms with E-state index in [0.29, 0.717) is 0 Å². The highest BCUT2D eigenvalue weighted by Crippen LogP contribution is 2.22. The van der Waals surface area contributed by atoms with Gasteiger partial charge in [0.1, 0.15) is 5.82 Å². The van der Waals surface area contributed by atoms with Gasteiger partial charge in [-0.3, -0.25) is 0 Å². The van der Waals surface area contributed by atoms with Crippen molar-refractivity contribution in [3.8, 4) is 0 Å². The van der Waals surface area contributed by atoms with Gasteiger partial charge in [-0.15, -0.1) is 0 Å². The quantitative estimate of drug-likeness (QED) is 0.827. The maximum absolute atomic E-state index is 4.50. The molecule has 3 nitrogen and oxygen atoms in total. The summed E-state index contributed by atoms with van der Waals surface area (Å²) in [6, 6.07) is 4.21. The van der Waals surface area contributed by atoms with Crippen molar-refractivity contribution in [3.05, 3.63) is 23.9 Å². The van der Waals surface area contributed by atoms with Crippen LogP contribution in [0.15, 0.2) is 18.3 Å². The first-order valence-electron chi connectivity index (χ1n) is 5.84. The second-order valence-corrected chi connectivity index (χ2v) is 4.78. The van der Waals surface area contributed by atoms with Gasteiger partial charge in [-0.2, -0.15) is 0 Å². The molecule has 1 heterocycles. The number of hydrogen-bond donors (Lipinski definition) is 1. The Morgan fingerprint density at radius 1 is 1.38 bits per heavy atom. The van der Waals surface area contributed by atoms with Crippen molar-refractivity contribution in [2.45, 2.75) is 39.3 Å². The molecule has 3 heteroatoms. The lowest BCUT2D eigenvalue weighted by Gasteiger charge is -2.35. The smallest absolute Gasteiger partial charge is 0.128 e. The zero-order valence-corrected chi connectivity index (χ0v) is 11.0. The fourth-order valence-electron chi connectivity index (χ4n) is 1.47. The minimum Gasteiger partial charge on any atom is -0.355 e. The van der Waals surface area contributed by atoms with Gasteiger partial charge in [-0.05, 0) is 38.9 Å². The molecule has 16 heavy (non-hydrogen) atoms. The summed E-state index contributed by atoms with van der Waals surface area (Å²) < 4.78 is 0. The number of nitrogens with zero attached hydrogens (tertiary/aromatic N) is 2. The van der Waals surface area contributed by atoms with Crippen LogP contribution >= 0.6 is 0 Å². The van der Waals surface area contributed by atoms with E-state index in [4.69, 9.17) is 0 Å². The largest absolute Gasteiger partial charge is 0.355 e. The van der Waals surface area contributed by atoms with Gasteiger partial charge in [-0.1, -0.05) is 13.0 Å².